The van der Waals surface area contributed by atoms with E-state index < -0.39 is 5.54 Å². The van der Waals surface area contributed by atoms with Gasteiger partial charge in [-0.25, -0.2) is 0 Å². The fourth-order valence-corrected chi connectivity index (χ4v) is 2.15. The SMILES string of the molecule is Cc1ccc(Br)cc1-c1nc(C(C)(N)COC(C)C)no1. The molecular formula is C15H20BrN3O2. The lowest BCUT2D eigenvalue weighted by Crippen LogP contribution is -2.40. The maximum absolute atomic E-state index is 6.23. The fraction of sp³-hybridized carbons (Fsp3) is 0.467. The number of nitrogens with two attached hydrogens (primary N) is 1. The first kappa shape index (κ1) is 16.1. The lowest BCUT2D eigenvalue weighted by Gasteiger charge is -2.21. The van der Waals surface area contributed by atoms with Crippen molar-refractivity contribution in [3.63, 3.8) is 0 Å². The molecule has 2 aromatic rings. The number of rotatable bonds is 5. The summed E-state index contributed by atoms with van der Waals surface area (Å²) in [7, 11) is 0. The standard InChI is InChI=1S/C15H20BrN3O2/c1-9(2)20-8-15(4,17)14-18-13(21-19-14)12-7-11(16)6-5-10(12)3/h5-7,9H,8,17H2,1-4H3. The first-order valence-electron chi connectivity index (χ1n) is 6.81. The van der Waals surface area contributed by atoms with E-state index in [4.69, 9.17) is 15.0 Å². The highest BCUT2D eigenvalue weighted by Gasteiger charge is 2.29. The van der Waals surface area contributed by atoms with Gasteiger partial charge in [-0.05, 0) is 45.4 Å². The van der Waals surface area contributed by atoms with Gasteiger partial charge in [0.2, 0.25) is 0 Å². The summed E-state index contributed by atoms with van der Waals surface area (Å²) in [6.45, 7) is 8.08. The van der Waals surface area contributed by atoms with Crippen LogP contribution in [0.15, 0.2) is 27.2 Å². The smallest absolute Gasteiger partial charge is 0.258 e. The Hall–Kier alpha value is -1.24. The molecule has 5 nitrogen and oxygen atoms in total. The van der Waals surface area contributed by atoms with Crippen LogP contribution in [0.25, 0.3) is 11.5 Å². The van der Waals surface area contributed by atoms with Gasteiger partial charge in [0, 0.05) is 10.0 Å². The minimum Gasteiger partial charge on any atom is -0.376 e. The molecule has 2 rings (SSSR count). The van der Waals surface area contributed by atoms with Crippen LogP contribution < -0.4 is 5.73 Å². The Bertz CT molecular complexity index is 623. The molecular weight excluding hydrogens is 334 g/mol. The minimum absolute atomic E-state index is 0.103. The van der Waals surface area contributed by atoms with Gasteiger partial charge in [-0.15, -0.1) is 0 Å². The van der Waals surface area contributed by atoms with E-state index in [1.165, 1.54) is 0 Å². The van der Waals surface area contributed by atoms with E-state index in [2.05, 4.69) is 26.1 Å². The van der Waals surface area contributed by atoms with Crippen molar-refractivity contribution in [1.29, 1.82) is 0 Å². The number of aromatic nitrogens is 2. The molecule has 0 spiro atoms. The van der Waals surface area contributed by atoms with Crippen molar-refractivity contribution in [3.8, 4) is 11.5 Å². The molecule has 0 bridgehead atoms. The summed E-state index contributed by atoms with van der Waals surface area (Å²) in [6.07, 6.45) is 0.103. The first-order chi connectivity index (χ1) is 9.79. The van der Waals surface area contributed by atoms with Gasteiger partial charge in [-0.3, -0.25) is 0 Å². The van der Waals surface area contributed by atoms with Crippen LogP contribution in [0.2, 0.25) is 0 Å². The topological polar surface area (TPSA) is 74.2 Å². The van der Waals surface area contributed by atoms with Crippen LogP contribution in [0.3, 0.4) is 0 Å². The quantitative estimate of drug-likeness (QED) is 0.891. The number of benzene rings is 1. The van der Waals surface area contributed by atoms with Crippen molar-refractivity contribution in [2.24, 2.45) is 5.73 Å². The van der Waals surface area contributed by atoms with Crippen molar-refractivity contribution >= 4 is 15.9 Å². The molecule has 6 heteroatoms. The van der Waals surface area contributed by atoms with Gasteiger partial charge in [0.15, 0.2) is 5.82 Å². The zero-order valence-electron chi connectivity index (χ0n) is 12.7. The van der Waals surface area contributed by atoms with Crippen molar-refractivity contribution in [1.82, 2.24) is 10.1 Å². The van der Waals surface area contributed by atoms with E-state index in [0.29, 0.717) is 18.3 Å². The minimum atomic E-state index is -0.786. The Kier molecular flexibility index (Phi) is 4.81. The molecule has 0 aliphatic carbocycles. The molecule has 1 heterocycles. The van der Waals surface area contributed by atoms with E-state index in [1.54, 1.807) is 0 Å². The van der Waals surface area contributed by atoms with E-state index >= 15 is 0 Å². The monoisotopic (exact) mass is 353 g/mol. The molecule has 1 atom stereocenters. The van der Waals surface area contributed by atoms with Gasteiger partial charge in [0.05, 0.1) is 12.7 Å². The molecule has 2 N–H and O–H groups in total. The van der Waals surface area contributed by atoms with E-state index in [0.717, 1.165) is 15.6 Å². The largest absolute Gasteiger partial charge is 0.376 e. The van der Waals surface area contributed by atoms with Crippen molar-refractivity contribution in [3.05, 3.63) is 34.1 Å². The predicted molar refractivity (Wildman–Crippen MR) is 84.8 cm³/mol. The maximum atomic E-state index is 6.23. The van der Waals surface area contributed by atoms with Crippen molar-refractivity contribution < 1.29 is 9.26 Å². The molecule has 0 radical (unpaired) electrons. The number of halogens is 1. The summed E-state index contributed by atoms with van der Waals surface area (Å²) in [5, 5.41) is 4.01. The molecule has 0 saturated heterocycles. The molecule has 0 aliphatic heterocycles. The summed E-state index contributed by atoms with van der Waals surface area (Å²) < 4.78 is 11.9. The van der Waals surface area contributed by atoms with Crippen LogP contribution >= 0.6 is 15.9 Å². The van der Waals surface area contributed by atoms with Crippen molar-refractivity contribution in [2.45, 2.75) is 39.3 Å². The van der Waals surface area contributed by atoms with Gasteiger partial charge < -0.3 is 15.0 Å². The van der Waals surface area contributed by atoms with Crippen LogP contribution in [-0.4, -0.2) is 22.9 Å². The molecule has 0 amide bonds. The third-order valence-corrected chi connectivity index (χ3v) is 3.58. The van der Waals surface area contributed by atoms with Gasteiger partial charge in [0.1, 0.15) is 5.54 Å². The van der Waals surface area contributed by atoms with Crippen LogP contribution in [0.1, 0.15) is 32.2 Å². The molecule has 114 valence electrons. The first-order valence-corrected chi connectivity index (χ1v) is 7.60. The summed E-state index contributed by atoms with van der Waals surface area (Å²) in [6, 6.07) is 5.91. The third-order valence-electron chi connectivity index (χ3n) is 3.08. The molecule has 0 saturated carbocycles. The Morgan fingerprint density at radius 3 is 2.81 bits per heavy atom. The van der Waals surface area contributed by atoms with Crippen LogP contribution in [0.5, 0.6) is 0 Å². The number of hydrogen-bond acceptors (Lipinski definition) is 5. The molecule has 21 heavy (non-hydrogen) atoms. The molecule has 0 aliphatic rings. The number of aryl methyl sites for hydroxylation is 1. The zero-order valence-corrected chi connectivity index (χ0v) is 14.3. The Labute approximate surface area is 133 Å². The second kappa shape index (κ2) is 6.25. The van der Waals surface area contributed by atoms with Gasteiger partial charge >= 0.3 is 0 Å². The third kappa shape index (κ3) is 3.90. The van der Waals surface area contributed by atoms with Gasteiger partial charge in [0.25, 0.3) is 5.89 Å². The summed E-state index contributed by atoms with van der Waals surface area (Å²) in [5.74, 6) is 0.905. The highest BCUT2D eigenvalue weighted by molar-refractivity contribution is 9.10. The second-order valence-corrected chi connectivity index (χ2v) is 6.58. The molecule has 1 aromatic carbocycles. The average Bonchev–Trinajstić information content (AvgIpc) is 2.90. The maximum Gasteiger partial charge on any atom is 0.258 e. The lowest BCUT2D eigenvalue weighted by atomic mass is 10.0. The highest BCUT2D eigenvalue weighted by Crippen LogP contribution is 2.27. The highest BCUT2D eigenvalue weighted by atomic mass is 79.9. The summed E-state index contributed by atoms with van der Waals surface area (Å²) in [4.78, 5) is 4.43. The second-order valence-electron chi connectivity index (χ2n) is 5.66. The fourth-order valence-electron chi connectivity index (χ4n) is 1.79. The van der Waals surface area contributed by atoms with Crippen LogP contribution in [-0.2, 0) is 10.3 Å². The molecule has 1 unspecified atom stereocenters. The number of hydrogen-bond donors (Lipinski definition) is 1. The van der Waals surface area contributed by atoms with Crippen molar-refractivity contribution in [2.75, 3.05) is 6.61 Å². The summed E-state index contributed by atoms with van der Waals surface area (Å²) in [5.41, 5.74) is 7.39. The number of ether oxygens (including phenoxy) is 1. The Balaban J connectivity index is 2.27. The van der Waals surface area contributed by atoms with Gasteiger partial charge in [-0.1, -0.05) is 27.2 Å². The molecule has 0 fully saturated rings. The van der Waals surface area contributed by atoms with E-state index in [1.807, 2.05) is 45.9 Å². The normalized spacial score (nSPS) is 14.4. The number of nitrogens with zero attached hydrogens (tertiary/aromatic N) is 2. The van der Waals surface area contributed by atoms with Crippen LogP contribution in [0.4, 0.5) is 0 Å². The Morgan fingerprint density at radius 1 is 1.43 bits per heavy atom. The molecule has 1 aromatic heterocycles. The van der Waals surface area contributed by atoms with E-state index in [-0.39, 0.29) is 6.10 Å². The predicted octanol–water partition coefficient (Wildman–Crippen LogP) is 3.41. The average molecular weight is 354 g/mol. The lowest BCUT2D eigenvalue weighted by molar-refractivity contribution is 0.0410. The summed E-state index contributed by atoms with van der Waals surface area (Å²) >= 11 is 3.45. The zero-order chi connectivity index (χ0) is 15.6. The van der Waals surface area contributed by atoms with E-state index in [9.17, 15) is 0 Å². The van der Waals surface area contributed by atoms with Crippen LogP contribution in [0, 0.1) is 6.92 Å². The Morgan fingerprint density at radius 2 is 2.14 bits per heavy atom. The van der Waals surface area contributed by atoms with Gasteiger partial charge in [-0.2, -0.15) is 4.98 Å².